The number of Topliss-reactive ketones (excluding diaryl/α,β-unsaturated/α-hetero) is 1. The van der Waals surface area contributed by atoms with Crippen molar-refractivity contribution in [3.63, 3.8) is 0 Å². The minimum atomic E-state index is -1.25. The Balaban J connectivity index is 2.62. The van der Waals surface area contributed by atoms with Crippen LogP contribution < -0.4 is 0 Å². The van der Waals surface area contributed by atoms with Crippen LogP contribution in [0.2, 0.25) is 0 Å². The molecule has 0 N–H and O–H groups in total. The lowest BCUT2D eigenvalue weighted by atomic mass is 10.1. The zero-order chi connectivity index (χ0) is 13.8. The second-order valence-corrected chi connectivity index (χ2v) is 4.55. The number of ketones is 1. The van der Waals surface area contributed by atoms with Crippen LogP contribution in [-0.2, 0) is 14.3 Å². The highest BCUT2D eigenvalue weighted by molar-refractivity contribution is 6.41. The monoisotopic (exact) mass is 250 g/mol. The second-order valence-electron chi connectivity index (χ2n) is 4.55. The van der Waals surface area contributed by atoms with E-state index in [0.29, 0.717) is 0 Å². The number of hydrogen-bond acceptors (Lipinski definition) is 5. The van der Waals surface area contributed by atoms with Gasteiger partial charge in [-0.05, 0) is 20.8 Å². The molecule has 0 spiro atoms. The minimum absolute atomic E-state index is 0.158. The summed E-state index contributed by atoms with van der Waals surface area (Å²) in [5.74, 6) is -2.14. The van der Waals surface area contributed by atoms with Gasteiger partial charge in [0.25, 0.3) is 5.78 Å². The number of carbonyl (C=O) groups excluding carboxylic acids is 3. The van der Waals surface area contributed by atoms with Gasteiger partial charge in [0.2, 0.25) is 0 Å². The lowest BCUT2D eigenvalue weighted by Gasteiger charge is -2.17. The molecule has 0 bridgehead atoms. The van der Waals surface area contributed by atoms with Gasteiger partial charge in [-0.2, -0.15) is 0 Å². The first-order valence-corrected chi connectivity index (χ1v) is 5.34. The maximum Gasteiger partial charge on any atom is 0.517 e. The fraction of sp³-hybridized carbons (Fsp3) is 0.308. The Morgan fingerprint density at radius 3 is 2.06 bits per heavy atom. The maximum atomic E-state index is 11.6. The SMILES string of the molecule is CC(C)(C)OC(=O)OC(=O)C(=O)c1ccccc1. The molecule has 5 nitrogen and oxygen atoms in total. The predicted molar refractivity (Wildman–Crippen MR) is 63.1 cm³/mol. The Bertz CT molecular complexity index is 456. The van der Waals surface area contributed by atoms with Gasteiger partial charge in [-0.25, -0.2) is 9.59 Å². The molecule has 18 heavy (non-hydrogen) atoms. The van der Waals surface area contributed by atoms with Crippen molar-refractivity contribution in [2.24, 2.45) is 0 Å². The first-order valence-electron chi connectivity index (χ1n) is 5.34. The number of ether oxygens (including phenoxy) is 2. The summed E-state index contributed by atoms with van der Waals surface area (Å²) in [6.07, 6.45) is -1.18. The summed E-state index contributed by atoms with van der Waals surface area (Å²) in [6, 6.07) is 7.83. The summed E-state index contributed by atoms with van der Waals surface area (Å²) in [7, 11) is 0. The lowest BCUT2D eigenvalue weighted by Crippen LogP contribution is -2.28. The van der Waals surface area contributed by atoms with Crippen LogP contribution in [0.15, 0.2) is 30.3 Å². The van der Waals surface area contributed by atoms with Crippen LogP contribution in [0.3, 0.4) is 0 Å². The normalized spacial score (nSPS) is 10.6. The molecule has 0 aliphatic heterocycles. The molecular formula is C13H14O5. The van der Waals surface area contributed by atoms with Crippen molar-refractivity contribution in [1.82, 2.24) is 0 Å². The van der Waals surface area contributed by atoms with E-state index in [1.807, 2.05) is 0 Å². The van der Waals surface area contributed by atoms with Gasteiger partial charge in [0, 0.05) is 5.56 Å². The van der Waals surface area contributed by atoms with Gasteiger partial charge in [-0.3, -0.25) is 4.79 Å². The lowest BCUT2D eigenvalue weighted by molar-refractivity contribution is -0.136. The predicted octanol–water partition coefficient (Wildman–Crippen LogP) is 2.35. The molecule has 0 aliphatic carbocycles. The van der Waals surface area contributed by atoms with Crippen LogP contribution in [0.4, 0.5) is 4.79 Å². The van der Waals surface area contributed by atoms with E-state index in [9.17, 15) is 14.4 Å². The Labute approximate surface area is 105 Å². The van der Waals surface area contributed by atoms with Gasteiger partial charge in [0.05, 0.1) is 0 Å². The van der Waals surface area contributed by atoms with Crippen LogP contribution in [0.1, 0.15) is 31.1 Å². The van der Waals surface area contributed by atoms with Crippen molar-refractivity contribution in [3.05, 3.63) is 35.9 Å². The Hall–Kier alpha value is -2.17. The second kappa shape index (κ2) is 5.44. The van der Waals surface area contributed by atoms with Crippen LogP contribution >= 0.6 is 0 Å². The largest absolute Gasteiger partial charge is 0.517 e. The zero-order valence-corrected chi connectivity index (χ0v) is 10.4. The Morgan fingerprint density at radius 1 is 1.00 bits per heavy atom. The molecule has 5 heteroatoms. The van der Waals surface area contributed by atoms with Crippen LogP contribution in [0.5, 0.6) is 0 Å². The number of benzene rings is 1. The highest BCUT2D eigenvalue weighted by atomic mass is 16.7. The topological polar surface area (TPSA) is 69.7 Å². The third-order valence-electron chi connectivity index (χ3n) is 1.79. The van der Waals surface area contributed by atoms with Gasteiger partial charge in [-0.1, -0.05) is 30.3 Å². The first-order chi connectivity index (χ1) is 8.29. The van der Waals surface area contributed by atoms with Crippen molar-refractivity contribution >= 4 is 17.9 Å². The number of rotatable bonds is 2. The first kappa shape index (κ1) is 13.9. The standard InChI is InChI=1S/C13H14O5/c1-13(2,3)18-12(16)17-11(15)10(14)9-7-5-4-6-8-9/h4-8H,1-3H3. The van der Waals surface area contributed by atoms with Crippen LogP contribution in [0, 0.1) is 0 Å². The molecule has 0 saturated heterocycles. The third kappa shape index (κ3) is 4.37. The summed E-state index contributed by atoms with van der Waals surface area (Å²) in [5, 5.41) is 0. The average molecular weight is 250 g/mol. The molecule has 0 saturated carbocycles. The fourth-order valence-corrected chi connectivity index (χ4v) is 1.10. The van der Waals surface area contributed by atoms with Gasteiger partial charge in [-0.15, -0.1) is 0 Å². The van der Waals surface area contributed by atoms with Crippen LogP contribution in [0.25, 0.3) is 0 Å². The summed E-state index contributed by atoms with van der Waals surface area (Å²) in [6.45, 7) is 4.87. The molecule has 0 heterocycles. The van der Waals surface area contributed by atoms with E-state index in [1.54, 1.807) is 39.0 Å². The zero-order valence-electron chi connectivity index (χ0n) is 10.4. The molecule has 0 aliphatic rings. The summed E-state index contributed by atoms with van der Waals surface area (Å²) in [5.41, 5.74) is -0.626. The van der Waals surface area contributed by atoms with Gasteiger partial charge < -0.3 is 9.47 Å². The summed E-state index contributed by atoms with van der Waals surface area (Å²) >= 11 is 0. The number of esters is 1. The highest BCUT2D eigenvalue weighted by Gasteiger charge is 2.25. The van der Waals surface area contributed by atoms with E-state index in [-0.39, 0.29) is 5.56 Å². The van der Waals surface area contributed by atoms with Crippen molar-refractivity contribution in [1.29, 1.82) is 0 Å². The van der Waals surface area contributed by atoms with E-state index < -0.39 is 23.5 Å². The number of hydrogen-bond donors (Lipinski definition) is 0. The molecule has 0 radical (unpaired) electrons. The van der Waals surface area contributed by atoms with Gasteiger partial charge in [0.15, 0.2) is 0 Å². The molecule has 0 aromatic heterocycles. The van der Waals surface area contributed by atoms with E-state index in [1.165, 1.54) is 12.1 Å². The van der Waals surface area contributed by atoms with E-state index in [2.05, 4.69) is 4.74 Å². The quantitative estimate of drug-likeness (QED) is 0.349. The van der Waals surface area contributed by atoms with Crippen molar-refractivity contribution in [2.45, 2.75) is 26.4 Å². The maximum absolute atomic E-state index is 11.6. The molecule has 1 rings (SSSR count). The molecular weight excluding hydrogens is 236 g/mol. The highest BCUT2D eigenvalue weighted by Crippen LogP contribution is 2.09. The molecule has 96 valence electrons. The van der Waals surface area contributed by atoms with Crippen molar-refractivity contribution in [3.8, 4) is 0 Å². The number of carbonyl (C=O) groups is 3. The Morgan fingerprint density at radius 2 is 1.56 bits per heavy atom. The fourth-order valence-electron chi connectivity index (χ4n) is 1.10. The summed E-state index contributed by atoms with van der Waals surface area (Å²) in [4.78, 5) is 34.1. The van der Waals surface area contributed by atoms with Gasteiger partial charge >= 0.3 is 12.1 Å². The summed E-state index contributed by atoms with van der Waals surface area (Å²) < 4.78 is 9.05. The van der Waals surface area contributed by atoms with Crippen LogP contribution in [-0.4, -0.2) is 23.5 Å². The van der Waals surface area contributed by atoms with E-state index >= 15 is 0 Å². The Kier molecular flexibility index (Phi) is 4.20. The minimum Gasteiger partial charge on any atom is -0.428 e. The van der Waals surface area contributed by atoms with E-state index in [4.69, 9.17) is 4.74 Å². The molecule has 0 fully saturated rings. The third-order valence-corrected chi connectivity index (χ3v) is 1.79. The van der Waals surface area contributed by atoms with Gasteiger partial charge in [0.1, 0.15) is 5.60 Å². The smallest absolute Gasteiger partial charge is 0.428 e. The van der Waals surface area contributed by atoms with Crippen molar-refractivity contribution in [2.75, 3.05) is 0 Å². The molecule has 0 atom stereocenters. The molecule has 0 unspecified atom stereocenters. The molecule has 1 aromatic rings. The average Bonchev–Trinajstić information content (AvgIpc) is 2.26. The molecule has 1 aromatic carbocycles. The molecule has 0 amide bonds. The van der Waals surface area contributed by atoms with E-state index in [0.717, 1.165) is 0 Å². The van der Waals surface area contributed by atoms with Crippen molar-refractivity contribution < 1.29 is 23.9 Å².